The van der Waals surface area contributed by atoms with Crippen LogP contribution in [0, 0.1) is 29.1 Å². The van der Waals surface area contributed by atoms with E-state index in [1.54, 1.807) is 11.1 Å². The molecule has 6 aromatic carbocycles. The largest absolute Gasteiger partial charge is 0.309 e. The molecule has 0 saturated heterocycles. The fourth-order valence-electron chi connectivity index (χ4n) is 13.7. The van der Waals surface area contributed by atoms with Crippen molar-refractivity contribution < 1.29 is 0 Å². The van der Waals surface area contributed by atoms with Crippen molar-refractivity contribution in [1.29, 1.82) is 0 Å². The lowest BCUT2D eigenvalue weighted by Crippen LogP contribution is -2.74. The Balaban J connectivity index is 1.07. The summed E-state index contributed by atoms with van der Waals surface area (Å²) in [5.74, 6) is 3.48. The summed E-state index contributed by atoms with van der Waals surface area (Å²) in [6, 6.07) is 49.3. The van der Waals surface area contributed by atoms with Crippen molar-refractivity contribution in [3.05, 3.63) is 150 Å². The zero-order chi connectivity index (χ0) is 36.2. The van der Waals surface area contributed by atoms with E-state index in [9.17, 15) is 0 Å². The molecule has 0 radical (unpaired) electrons. The quantitative estimate of drug-likeness (QED) is 0.178. The number of hydrogen-bond donors (Lipinski definition) is 0. The van der Waals surface area contributed by atoms with Crippen molar-refractivity contribution in [2.75, 3.05) is 4.90 Å². The van der Waals surface area contributed by atoms with Crippen LogP contribution in [0.1, 0.15) is 88.5 Å². The van der Waals surface area contributed by atoms with Gasteiger partial charge in [-0.2, -0.15) is 0 Å². The molecule has 12 rings (SSSR count). The second-order valence-corrected chi connectivity index (χ2v) is 20.3. The molecule has 1 nitrogen and oxygen atoms in total. The molecule has 268 valence electrons. The summed E-state index contributed by atoms with van der Waals surface area (Å²) in [5, 5.41) is 2.57. The highest BCUT2D eigenvalue weighted by Crippen LogP contribution is 2.89. The lowest BCUT2D eigenvalue weighted by atomic mass is 9.26. The van der Waals surface area contributed by atoms with E-state index in [0.29, 0.717) is 5.41 Å². The first kappa shape index (κ1) is 32.0. The van der Waals surface area contributed by atoms with E-state index in [1.165, 1.54) is 98.4 Å². The van der Waals surface area contributed by atoms with Gasteiger partial charge < -0.3 is 4.90 Å². The summed E-state index contributed by atoms with van der Waals surface area (Å²) in [6.45, 7) is 9.90. The summed E-state index contributed by atoms with van der Waals surface area (Å²) in [6.07, 6.45) is 8.23. The predicted molar refractivity (Wildman–Crippen MR) is 226 cm³/mol. The Morgan fingerprint density at radius 1 is 0.574 bits per heavy atom. The van der Waals surface area contributed by atoms with Gasteiger partial charge in [0.1, 0.15) is 0 Å². The third-order valence-electron chi connectivity index (χ3n) is 16.0. The van der Waals surface area contributed by atoms with Crippen LogP contribution < -0.4 is 4.90 Å². The monoisotopic (exact) mass is 719 g/mol. The Bertz CT molecular complexity index is 2540. The highest BCUT2D eigenvalue weighted by molar-refractivity contribution is 7.99. The van der Waals surface area contributed by atoms with Gasteiger partial charge in [-0.3, -0.25) is 0 Å². The van der Waals surface area contributed by atoms with Gasteiger partial charge in [-0.15, -0.1) is 0 Å². The normalized spacial score (nSPS) is 29.8. The van der Waals surface area contributed by atoms with E-state index < -0.39 is 0 Å². The van der Waals surface area contributed by atoms with Gasteiger partial charge in [-0.1, -0.05) is 130 Å². The molecule has 6 aromatic rings. The van der Waals surface area contributed by atoms with E-state index in [2.05, 4.69) is 160 Å². The predicted octanol–water partition coefficient (Wildman–Crippen LogP) is 14.1. The molecule has 1 heterocycles. The first-order chi connectivity index (χ1) is 26.2. The number of rotatable bonds is 4. The maximum Gasteiger partial charge on any atom is 0.0604 e. The van der Waals surface area contributed by atoms with Crippen LogP contribution in [0.3, 0.4) is 0 Å². The van der Waals surface area contributed by atoms with Crippen LogP contribution in [-0.4, -0.2) is 0 Å². The molecule has 0 amide bonds. The third kappa shape index (κ3) is 3.94. The molecule has 2 spiro atoms. The van der Waals surface area contributed by atoms with Gasteiger partial charge in [0.25, 0.3) is 0 Å². The standard InChI is InChI=1S/C52H49NS/c1-49(2)25-26-50(3,4)47-40(49)14-9-16-42(47)53(38-23-21-34(22-24-38)36-20-19-33-11-5-6-12-35(33)29-36)43-17-10-15-41-48(43)54-44-18-8-7-13-39(44)52(41)45-28-32-27-37-30-46(52)51(37,45)31-32/h5-24,29,32,37,45-46H,25-28,30-31H2,1-4H3. The van der Waals surface area contributed by atoms with Crippen molar-refractivity contribution in [2.24, 2.45) is 29.1 Å². The van der Waals surface area contributed by atoms with E-state index in [4.69, 9.17) is 0 Å². The number of hydrogen-bond acceptors (Lipinski definition) is 2. The molecule has 0 aromatic heterocycles. The Labute approximate surface area is 325 Å². The molecule has 54 heavy (non-hydrogen) atoms. The highest BCUT2D eigenvalue weighted by atomic mass is 32.2. The molecule has 1 aliphatic heterocycles. The van der Waals surface area contributed by atoms with Crippen molar-refractivity contribution in [2.45, 2.75) is 92.3 Å². The van der Waals surface area contributed by atoms with Gasteiger partial charge in [-0.05, 0) is 159 Å². The van der Waals surface area contributed by atoms with Crippen LogP contribution in [0.4, 0.5) is 17.1 Å². The van der Waals surface area contributed by atoms with Gasteiger partial charge in [0.2, 0.25) is 0 Å². The first-order valence-corrected chi connectivity index (χ1v) is 21.5. The number of fused-ring (bicyclic) bond motifs is 9. The van der Waals surface area contributed by atoms with Crippen molar-refractivity contribution in [1.82, 2.24) is 0 Å². The van der Waals surface area contributed by atoms with Crippen LogP contribution in [0.5, 0.6) is 0 Å². The summed E-state index contributed by atoms with van der Waals surface area (Å²) in [4.78, 5) is 5.65. The summed E-state index contributed by atoms with van der Waals surface area (Å²) >= 11 is 2.05. The van der Waals surface area contributed by atoms with Crippen molar-refractivity contribution >= 4 is 39.6 Å². The molecule has 6 aliphatic rings. The van der Waals surface area contributed by atoms with Crippen LogP contribution in [0.2, 0.25) is 0 Å². The number of benzene rings is 6. The zero-order valence-electron chi connectivity index (χ0n) is 32.0. The van der Waals surface area contributed by atoms with Crippen molar-refractivity contribution in [3.8, 4) is 11.1 Å². The molecule has 2 heteroatoms. The fourth-order valence-corrected chi connectivity index (χ4v) is 15.1. The van der Waals surface area contributed by atoms with Crippen LogP contribution in [-0.2, 0) is 16.2 Å². The van der Waals surface area contributed by atoms with E-state index in [0.717, 1.165) is 23.7 Å². The van der Waals surface area contributed by atoms with Gasteiger partial charge in [0, 0.05) is 20.9 Å². The first-order valence-electron chi connectivity index (χ1n) is 20.6. The Kier molecular flexibility index (Phi) is 6.36. The maximum absolute atomic E-state index is 2.68. The van der Waals surface area contributed by atoms with E-state index >= 15 is 0 Å². The van der Waals surface area contributed by atoms with Crippen LogP contribution >= 0.6 is 11.8 Å². The average molecular weight is 720 g/mol. The molecule has 4 fully saturated rings. The highest BCUT2D eigenvalue weighted by Gasteiger charge is 2.84. The van der Waals surface area contributed by atoms with Crippen LogP contribution in [0.25, 0.3) is 21.9 Å². The summed E-state index contributed by atoms with van der Waals surface area (Å²) < 4.78 is 0. The van der Waals surface area contributed by atoms with Gasteiger partial charge in [0.15, 0.2) is 0 Å². The Morgan fingerprint density at radius 2 is 1.26 bits per heavy atom. The van der Waals surface area contributed by atoms with Crippen molar-refractivity contribution in [3.63, 3.8) is 0 Å². The zero-order valence-corrected chi connectivity index (χ0v) is 32.8. The second-order valence-electron chi connectivity index (χ2n) is 19.2. The van der Waals surface area contributed by atoms with Crippen LogP contribution in [0.15, 0.2) is 137 Å². The lowest BCUT2D eigenvalue weighted by Gasteiger charge is -2.78. The minimum atomic E-state index is 0.0604. The van der Waals surface area contributed by atoms with Gasteiger partial charge >= 0.3 is 0 Å². The molecule has 2 bridgehead atoms. The minimum Gasteiger partial charge on any atom is -0.309 e. The second kappa shape index (κ2) is 10.7. The van der Waals surface area contributed by atoms with E-state index in [1.807, 2.05) is 11.8 Å². The molecule has 6 unspecified atom stereocenters. The fraction of sp³-hybridized carbons (Fsp3) is 0.346. The average Bonchev–Trinajstić information content (AvgIpc) is 3.72. The smallest absolute Gasteiger partial charge is 0.0604 e. The molecule has 5 aliphatic carbocycles. The Hall–Kier alpha value is -4.27. The minimum absolute atomic E-state index is 0.0604. The molecular formula is C52H49NS. The molecule has 6 atom stereocenters. The van der Waals surface area contributed by atoms with E-state index in [-0.39, 0.29) is 16.2 Å². The third-order valence-corrected chi connectivity index (χ3v) is 17.2. The lowest BCUT2D eigenvalue weighted by molar-refractivity contribution is -0.235. The number of anilines is 3. The SMILES string of the molecule is CC1(C)CCC(C)(C)c2c(N(c3ccc(-c4ccc5ccccc5c4)cc3)c3cccc4c3Sc3ccccc3C43C4CC5CC6CC3C64C5)cccc21. The van der Waals surface area contributed by atoms with Gasteiger partial charge in [0.05, 0.1) is 11.4 Å². The molecule has 0 N–H and O–H groups in total. The molecule has 4 saturated carbocycles. The van der Waals surface area contributed by atoms with Gasteiger partial charge in [-0.25, -0.2) is 0 Å². The molecular weight excluding hydrogens is 671 g/mol. The summed E-state index contributed by atoms with van der Waals surface area (Å²) in [7, 11) is 0. The topological polar surface area (TPSA) is 3.24 Å². The Morgan fingerprint density at radius 3 is 2.09 bits per heavy atom. The summed E-state index contributed by atoms with van der Waals surface area (Å²) in [5.41, 5.74) is 13.7. The number of nitrogens with zero attached hydrogens (tertiary/aromatic N) is 1. The maximum atomic E-state index is 2.68.